The van der Waals surface area contributed by atoms with Gasteiger partial charge < -0.3 is 14.6 Å². The third kappa shape index (κ3) is 3.95. The molecule has 1 aliphatic carbocycles. The maximum Gasteiger partial charge on any atom is 0.240 e. The van der Waals surface area contributed by atoms with E-state index in [0.29, 0.717) is 24.5 Å². The van der Waals surface area contributed by atoms with Crippen LogP contribution in [0.4, 0.5) is 0 Å². The molecule has 1 atom stereocenters. The van der Waals surface area contributed by atoms with Crippen LogP contribution in [0.1, 0.15) is 36.5 Å². The molecule has 0 bridgehead atoms. The Hall–Kier alpha value is -1.28. The Morgan fingerprint density at radius 1 is 1.40 bits per heavy atom. The van der Waals surface area contributed by atoms with E-state index in [9.17, 15) is 0 Å². The first-order valence-electron chi connectivity index (χ1n) is 9.05. The average molecular weight is 362 g/mol. The van der Waals surface area contributed by atoms with Crippen LogP contribution in [0.25, 0.3) is 0 Å². The fourth-order valence-corrected chi connectivity index (χ4v) is 4.68. The monoisotopic (exact) mass is 362 g/mol. The summed E-state index contributed by atoms with van der Waals surface area (Å²) in [5.74, 6) is 1.46. The largest absolute Gasteiger partial charge is 0.384 e. The molecule has 2 aliphatic rings. The van der Waals surface area contributed by atoms with Crippen molar-refractivity contribution in [1.82, 2.24) is 20.4 Å². The summed E-state index contributed by atoms with van der Waals surface area (Å²) >= 11 is 1.76. The predicted octanol–water partition coefficient (Wildman–Crippen LogP) is 2.46. The van der Waals surface area contributed by atoms with Crippen LogP contribution in [0, 0.1) is 5.41 Å². The molecule has 136 valence electrons. The predicted molar refractivity (Wildman–Crippen MR) is 96.4 cm³/mol. The number of nitrogens with zero attached hydrogens (tertiary/aromatic N) is 3. The van der Waals surface area contributed by atoms with Gasteiger partial charge in [-0.3, -0.25) is 4.90 Å². The molecule has 1 aliphatic heterocycles. The van der Waals surface area contributed by atoms with E-state index in [4.69, 9.17) is 9.26 Å². The summed E-state index contributed by atoms with van der Waals surface area (Å²) in [7, 11) is 1.69. The van der Waals surface area contributed by atoms with E-state index in [0.717, 1.165) is 37.9 Å². The van der Waals surface area contributed by atoms with Crippen LogP contribution in [-0.2, 0) is 24.2 Å². The third-order valence-electron chi connectivity index (χ3n) is 5.53. The fourth-order valence-electron chi connectivity index (χ4n) is 4.02. The molecule has 6 nitrogen and oxygen atoms in total. The number of piperidine rings is 1. The van der Waals surface area contributed by atoms with Gasteiger partial charge in [0, 0.05) is 26.1 Å². The van der Waals surface area contributed by atoms with Crippen molar-refractivity contribution >= 4 is 11.3 Å². The van der Waals surface area contributed by atoms with Gasteiger partial charge in [0.05, 0.1) is 13.2 Å². The van der Waals surface area contributed by atoms with Gasteiger partial charge in [0.15, 0.2) is 5.82 Å². The Morgan fingerprint density at radius 2 is 2.28 bits per heavy atom. The van der Waals surface area contributed by atoms with Gasteiger partial charge in [-0.25, -0.2) is 0 Å². The summed E-state index contributed by atoms with van der Waals surface area (Å²) in [5.41, 5.74) is 1.88. The molecule has 0 amide bonds. The number of ether oxygens (including phenoxy) is 1. The van der Waals surface area contributed by atoms with Crippen molar-refractivity contribution in [3.05, 3.63) is 34.1 Å². The molecule has 2 aromatic rings. The van der Waals surface area contributed by atoms with E-state index in [1.165, 1.54) is 24.8 Å². The molecule has 4 rings (SSSR count). The van der Waals surface area contributed by atoms with E-state index >= 15 is 0 Å². The Kier molecular flexibility index (Phi) is 5.17. The lowest BCUT2D eigenvalue weighted by Crippen LogP contribution is -2.35. The molecule has 25 heavy (non-hydrogen) atoms. The first-order valence-corrected chi connectivity index (χ1v) is 10.00. The van der Waals surface area contributed by atoms with Crippen LogP contribution in [0.15, 0.2) is 21.3 Å². The number of aromatic nitrogens is 2. The van der Waals surface area contributed by atoms with Gasteiger partial charge in [-0.05, 0) is 60.2 Å². The highest BCUT2D eigenvalue weighted by Crippen LogP contribution is 2.56. The molecule has 0 unspecified atom stereocenters. The van der Waals surface area contributed by atoms with Crippen molar-refractivity contribution in [2.45, 2.75) is 44.8 Å². The molecule has 2 fully saturated rings. The van der Waals surface area contributed by atoms with E-state index in [-0.39, 0.29) is 0 Å². The number of nitrogens with one attached hydrogen (secondary N) is 1. The zero-order valence-electron chi connectivity index (χ0n) is 14.7. The summed E-state index contributed by atoms with van der Waals surface area (Å²) in [4.78, 5) is 7.09. The Morgan fingerprint density at radius 3 is 3.04 bits per heavy atom. The summed E-state index contributed by atoms with van der Waals surface area (Å²) in [5, 5.41) is 12.0. The highest BCUT2D eigenvalue weighted by molar-refractivity contribution is 7.07. The van der Waals surface area contributed by atoms with Crippen molar-refractivity contribution in [2.24, 2.45) is 5.41 Å². The van der Waals surface area contributed by atoms with Crippen molar-refractivity contribution in [3.63, 3.8) is 0 Å². The first kappa shape index (κ1) is 17.1. The number of thiophene rings is 1. The van der Waals surface area contributed by atoms with Crippen LogP contribution in [0.2, 0.25) is 0 Å². The summed E-state index contributed by atoms with van der Waals surface area (Å²) in [6.07, 6.45) is 4.55. The zero-order valence-corrected chi connectivity index (χ0v) is 15.6. The first-order chi connectivity index (χ1) is 12.3. The zero-order chi connectivity index (χ0) is 17.1. The van der Waals surface area contributed by atoms with Crippen LogP contribution in [0.3, 0.4) is 0 Å². The molecular weight excluding hydrogens is 336 g/mol. The second kappa shape index (κ2) is 7.53. The average Bonchev–Trinajstić information content (AvgIpc) is 3.00. The van der Waals surface area contributed by atoms with Gasteiger partial charge in [0.25, 0.3) is 0 Å². The molecule has 7 heteroatoms. The van der Waals surface area contributed by atoms with Crippen LogP contribution in [-0.4, -0.2) is 47.9 Å². The summed E-state index contributed by atoms with van der Waals surface area (Å²) in [6.45, 7) is 4.60. The normalized spacial score (nSPS) is 21.9. The Bertz CT molecular complexity index is 666. The molecule has 0 aromatic carbocycles. The lowest BCUT2D eigenvalue weighted by molar-refractivity contribution is 0.167. The molecule has 1 saturated heterocycles. The maximum absolute atomic E-state index is 5.50. The second-order valence-electron chi connectivity index (χ2n) is 7.22. The number of rotatable bonds is 8. The van der Waals surface area contributed by atoms with Gasteiger partial charge in [0.1, 0.15) is 0 Å². The van der Waals surface area contributed by atoms with Gasteiger partial charge in [-0.1, -0.05) is 5.16 Å². The highest BCUT2D eigenvalue weighted by atomic mass is 32.1. The second-order valence-corrected chi connectivity index (χ2v) is 8.00. The molecule has 1 saturated carbocycles. The minimum atomic E-state index is 0.500. The fraction of sp³-hybridized carbons (Fsp3) is 0.667. The van der Waals surface area contributed by atoms with Crippen LogP contribution >= 0.6 is 11.3 Å². The van der Waals surface area contributed by atoms with E-state index in [1.54, 1.807) is 18.4 Å². The number of methoxy groups -OCH3 is 1. The molecule has 3 heterocycles. The molecule has 2 aromatic heterocycles. The van der Waals surface area contributed by atoms with Crippen molar-refractivity contribution in [3.8, 4) is 0 Å². The minimum absolute atomic E-state index is 0.500. The lowest BCUT2D eigenvalue weighted by Gasteiger charge is -2.28. The van der Waals surface area contributed by atoms with E-state index in [1.807, 2.05) is 0 Å². The van der Waals surface area contributed by atoms with E-state index in [2.05, 4.69) is 37.2 Å². The number of hydrogen-bond donors (Lipinski definition) is 1. The molecule has 1 spiro atoms. The Balaban J connectivity index is 1.45. The number of hydrogen-bond acceptors (Lipinski definition) is 7. The van der Waals surface area contributed by atoms with Crippen molar-refractivity contribution < 1.29 is 9.26 Å². The molecule has 0 radical (unpaired) electrons. The maximum atomic E-state index is 5.50. The van der Waals surface area contributed by atoms with Gasteiger partial charge in [-0.15, -0.1) is 0 Å². The minimum Gasteiger partial charge on any atom is -0.384 e. The van der Waals surface area contributed by atoms with Crippen molar-refractivity contribution in [2.75, 3.05) is 26.8 Å². The topological polar surface area (TPSA) is 63.4 Å². The molecule has 1 N–H and O–H groups in total. The highest BCUT2D eigenvalue weighted by Gasteiger charge is 2.56. The SMILES string of the molecule is COCCc1noc(CN(Cc2ccsc2)[C@@H]2CC23CCNCC3)n1. The Labute approximate surface area is 152 Å². The van der Waals surface area contributed by atoms with Crippen molar-refractivity contribution in [1.29, 1.82) is 0 Å². The summed E-state index contributed by atoms with van der Waals surface area (Å²) < 4.78 is 10.6. The van der Waals surface area contributed by atoms with E-state index < -0.39 is 0 Å². The summed E-state index contributed by atoms with van der Waals surface area (Å²) in [6, 6.07) is 2.84. The third-order valence-corrected chi connectivity index (χ3v) is 6.26. The van der Waals surface area contributed by atoms with Crippen LogP contribution in [0.5, 0.6) is 0 Å². The van der Waals surface area contributed by atoms with Gasteiger partial charge in [-0.2, -0.15) is 16.3 Å². The molecular formula is C18H26N4O2S. The lowest BCUT2D eigenvalue weighted by atomic mass is 9.93. The van der Waals surface area contributed by atoms with Crippen LogP contribution < -0.4 is 5.32 Å². The smallest absolute Gasteiger partial charge is 0.240 e. The standard InChI is InChI=1S/C18H26N4O2S/c1-23-8-2-16-20-17(24-21-16)12-22(11-14-3-9-25-13-14)15-10-18(15)4-6-19-7-5-18/h3,9,13,15,19H,2,4-8,10-12H2,1H3/t15-/m1/s1. The van der Waals surface area contributed by atoms with Gasteiger partial charge >= 0.3 is 0 Å². The van der Waals surface area contributed by atoms with Gasteiger partial charge in [0.2, 0.25) is 5.89 Å². The quantitative estimate of drug-likeness (QED) is 0.778.